The molecule has 29 heavy (non-hydrogen) atoms. The minimum Gasteiger partial charge on any atom is -0.495 e. The van der Waals surface area contributed by atoms with Crippen LogP contribution >= 0.6 is 0 Å². The number of nitro benzene ring substituents is 1. The van der Waals surface area contributed by atoms with E-state index in [0.29, 0.717) is 53.1 Å². The zero-order valence-electron chi connectivity index (χ0n) is 16.1. The molecule has 0 radical (unpaired) electrons. The highest BCUT2D eigenvalue weighted by Gasteiger charge is 2.31. The largest absolute Gasteiger partial charge is 0.495 e. The molecule has 0 aliphatic carbocycles. The molecule has 2 heterocycles. The second kappa shape index (κ2) is 8.59. The van der Waals surface area contributed by atoms with Gasteiger partial charge in [0, 0.05) is 35.5 Å². The summed E-state index contributed by atoms with van der Waals surface area (Å²) in [7, 11) is 2.84. The Hall–Kier alpha value is -3.62. The zero-order chi connectivity index (χ0) is 21.0. The van der Waals surface area contributed by atoms with Crippen LogP contribution in [0.2, 0.25) is 0 Å². The second-order valence-electron chi connectivity index (χ2n) is 6.50. The van der Waals surface area contributed by atoms with Gasteiger partial charge in [-0.25, -0.2) is 0 Å². The predicted molar refractivity (Wildman–Crippen MR) is 107 cm³/mol. The van der Waals surface area contributed by atoms with Gasteiger partial charge in [-0.3, -0.25) is 19.7 Å². The van der Waals surface area contributed by atoms with Gasteiger partial charge in [-0.2, -0.15) is 0 Å². The number of carbonyl (C=O) groups is 2. The van der Waals surface area contributed by atoms with Crippen molar-refractivity contribution < 1.29 is 24.0 Å². The average Bonchev–Trinajstić information content (AvgIpc) is 3.28. The van der Waals surface area contributed by atoms with Crippen molar-refractivity contribution >= 4 is 34.9 Å². The number of fused-ring (bicyclic) bond motifs is 1. The molecule has 3 rings (SSSR count). The number of unbranched alkanes of at least 4 members (excludes halogenated alkanes) is 1. The summed E-state index contributed by atoms with van der Waals surface area (Å²) < 4.78 is 9.89. The third kappa shape index (κ3) is 4.13. The molecule has 9 nitrogen and oxygen atoms in total. The van der Waals surface area contributed by atoms with Crippen molar-refractivity contribution in [3.8, 4) is 5.75 Å². The van der Waals surface area contributed by atoms with E-state index in [1.807, 2.05) is 0 Å². The SMILES string of the molecule is COC(=O)CCCCc1c([N+](=O)[O-])ccc2c1/C(=C/c1[nH]ccc1OC)C(=O)N2. The summed E-state index contributed by atoms with van der Waals surface area (Å²) in [5.41, 5.74) is 2.37. The standard InChI is InChI=1S/C20H21N3O6/c1-28-17-9-10-21-15(17)11-13-19-12(5-3-4-6-18(24)29-2)16(23(26)27)8-7-14(19)22-20(13)25/h7-11,21H,3-6H2,1-2H3,(H,22,25)/b13-11-. The van der Waals surface area contributed by atoms with Crippen LogP contribution < -0.4 is 10.1 Å². The van der Waals surface area contributed by atoms with Crippen molar-refractivity contribution in [2.24, 2.45) is 0 Å². The molecular weight excluding hydrogens is 378 g/mol. The van der Waals surface area contributed by atoms with Crippen molar-refractivity contribution in [1.82, 2.24) is 4.98 Å². The van der Waals surface area contributed by atoms with Gasteiger partial charge in [0.05, 0.1) is 30.4 Å². The summed E-state index contributed by atoms with van der Waals surface area (Å²) in [5.74, 6) is -0.106. The summed E-state index contributed by atoms with van der Waals surface area (Å²) >= 11 is 0. The number of nitrogens with one attached hydrogen (secondary N) is 2. The van der Waals surface area contributed by atoms with Crippen molar-refractivity contribution in [2.45, 2.75) is 25.7 Å². The average molecular weight is 399 g/mol. The molecule has 1 aliphatic rings. The maximum absolute atomic E-state index is 12.6. The topological polar surface area (TPSA) is 124 Å². The highest BCUT2D eigenvalue weighted by Crippen LogP contribution is 2.41. The Morgan fingerprint density at radius 2 is 2.03 bits per heavy atom. The third-order valence-electron chi connectivity index (χ3n) is 4.78. The quantitative estimate of drug-likeness (QED) is 0.231. The Balaban J connectivity index is 2.00. The van der Waals surface area contributed by atoms with Crippen LogP contribution in [0.15, 0.2) is 24.4 Å². The molecule has 152 valence electrons. The van der Waals surface area contributed by atoms with Crippen LogP contribution in [0.1, 0.15) is 36.1 Å². The maximum atomic E-state index is 12.6. The molecular formula is C20H21N3O6. The number of benzene rings is 1. The smallest absolute Gasteiger partial charge is 0.305 e. The van der Waals surface area contributed by atoms with Crippen molar-refractivity contribution in [3.05, 3.63) is 51.3 Å². The molecule has 1 aromatic carbocycles. The fourth-order valence-electron chi connectivity index (χ4n) is 3.39. The van der Waals surface area contributed by atoms with E-state index in [-0.39, 0.29) is 24.0 Å². The number of anilines is 1. The molecule has 1 amide bonds. The van der Waals surface area contributed by atoms with Crippen molar-refractivity contribution in [2.75, 3.05) is 19.5 Å². The fourth-order valence-corrected chi connectivity index (χ4v) is 3.39. The van der Waals surface area contributed by atoms with E-state index in [9.17, 15) is 19.7 Å². The van der Waals surface area contributed by atoms with Crippen LogP contribution in [0.3, 0.4) is 0 Å². The molecule has 0 fully saturated rings. The Bertz CT molecular complexity index is 992. The molecule has 9 heteroatoms. The number of aromatic amines is 1. The lowest BCUT2D eigenvalue weighted by Gasteiger charge is -2.09. The van der Waals surface area contributed by atoms with Crippen molar-refractivity contribution in [3.63, 3.8) is 0 Å². The predicted octanol–water partition coefficient (Wildman–Crippen LogP) is 3.31. The minimum absolute atomic E-state index is 0.0531. The lowest BCUT2D eigenvalue weighted by atomic mass is 9.94. The van der Waals surface area contributed by atoms with E-state index < -0.39 is 4.92 Å². The van der Waals surface area contributed by atoms with Crippen LogP contribution in [0.25, 0.3) is 11.6 Å². The minimum atomic E-state index is -0.453. The number of H-pyrrole nitrogens is 1. The highest BCUT2D eigenvalue weighted by atomic mass is 16.6. The summed E-state index contributed by atoms with van der Waals surface area (Å²) in [4.78, 5) is 38.0. The molecule has 2 N–H and O–H groups in total. The normalized spacial score (nSPS) is 13.9. The summed E-state index contributed by atoms with van der Waals surface area (Å²) in [6, 6.07) is 4.66. The van der Waals surface area contributed by atoms with Crippen LogP contribution in [-0.4, -0.2) is 36.0 Å². The van der Waals surface area contributed by atoms with E-state index in [0.717, 1.165) is 0 Å². The number of carbonyl (C=O) groups excluding carboxylic acids is 2. The number of aromatic nitrogens is 1. The number of esters is 1. The zero-order valence-corrected chi connectivity index (χ0v) is 16.1. The monoisotopic (exact) mass is 399 g/mol. The molecule has 1 aromatic heterocycles. The molecule has 0 unspecified atom stereocenters. The summed E-state index contributed by atoms with van der Waals surface area (Å²) in [5, 5.41) is 14.4. The van der Waals surface area contributed by atoms with Crippen LogP contribution in [-0.2, 0) is 20.7 Å². The molecule has 2 aromatic rings. The molecule has 0 saturated carbocycles. The number of nitro groups is 1. The number of nitrogens with zero attached hydrogens (tertiary/aromatic N) is 1. The molecule has 0 saturated heterocycles. The van der Waals surface area contributed by atoms with E-state index in [4.69, 9.17) is 4.74 Å². The number of hydrogen-bond acceptors (Lipinski definition) is 6. The van der Waals surface area contributed by atoms with E-state index >= 15 is 0 Å². The van der Waals surface area contributed by atoms with Crippen LogP contribution in [0, 0.1) is 10.1 Å². The van der Waals surface area contributed by atoms with Gasteiger partial charge >= 0.3 is 5.97 Å². The first-order chi connectivity index (χ1) is 14.0. The Labute approximate surface area is 166 Å². The fraction of sp³-hybridized carbons (Fsp3) is 0.300. The maximum Gasteiger partial charge on any atom is 0.305 e. The first kappa shape index (κ1) is 20.1. The van der Waals surface area contributed by atoms with Crippen LogP contribution in [0.4, 0.5) is 11.4 Å². The number of ether oxygens (including phenoxy) is 2. The number of rotatable bonds is 8. The number of amides is 1. The number of methoxy groups -OCH3 is 2. The first-order valence-corrected chi connectivity index (χ1v) is 9.08. The van der Waals surface area contributed by atoms with Gasteiger partial charge in [-0.15, -0.1) is 0 Å². The Kier molecular flexibility index (Phi) is 5.96. The lowest BCUT2D eigenvalue weighted by molar-refractivity contribution is -0.385. The van der Waals surface area contributed by atoms with Gasteiger partial charge in [0.2, 0.25) is 0 Å². The van der Waals surface area contributed by atoms with E-state index in [1.165, 1.54) is 26.4 Å². The molecule has 0 spiro atoms. The Morgan fingerprint density at radius 1 is 1.24 bits per heavy atom. The van der Waals surface area contributed by atoms with Crippen LogP contribution in [0.5, 0.6) is 5.75 Å². The first-order valence-electron chi connectivity index (χ1n) is 9.08. The lowest BCUT2D eigenvalue weighted by Crippen LogP contribution is -2.04. The Morgan fingerprint density at radius 3 is 2.72 bits per heavy atom. The van der Waals surface area contributed by atoms with Gasteiger partial charge in [0.15, 0.2) is 0 Å². The van der Waals surface area contributed by atoms with Gasteiger partial charge in [0.1, 0.15) is 5.75 Å². The molecule has 0 atom stereocenters. The van der Waals surface area contributed by atoms with Gasteiger partial charge in [-0.05, 0) is 37.5 Å². The molecule has 1 aliphatic heterocycles. The second-order valence-corrected chi connectivity index (χ2v) is 6.50. The van der Waals surface area contributed by atoms with Crippen molar-refractivity contribution in [1.29, 1.82) is 0 Å². The molecule has 0 bridgehead atoms. The van der Waals surface area contributed by atoms with Gasteiger partial charge < -0.3 is 19.8 Å². The van der Waals surface area contributed by atoms with E-state index in [2.05, 4.69) is 15.0 Å². The number of hydrogen-bond donors (Lipinski definition) is 2. The van der Waals surface area contributed by atoms with Gasteiger partial charge in [0.25, 0.3) is 11.6 Å². The summed E-state index contributed by atoms with van der Waals surface area (Å²) in [6.45, 7) is 0. The highest BCUT2D eigenvalue weighted by molar-refractivity contribution is 6.35. The van der Waals surface area contributed by atoms with Gasteiger partial charge in [-0.1, -0.05) is 0 Å². The van der Waals surface area contributed by atoms with E-state index in [1.54, 1.807) is 18.3 Å². The summed E-state index contributed by atoms with van der Waals surface area (Å²) in [6.07, 6.45) is 4.96. The third-order valence-corrected chi connectivity index (χ3v) is 4.78.